The molecule has 1 aliphatic heterocycles. The van der Waals surface area contributed by atoms with Crippen molar-refractivity contribution in [1.29, 1.82) is 0 Å². The number of thiophene rings is 2. The average molecular weight is 347 g/mol. The van der Waals surface area contributed by atoms with Gasteiger partial charge >= 0.3 is 0 Å². The van der Waals surface area contributed by atoms with Crippen LogP contribution in [0.3, 0.4) is 0 Å². The van der Waals surface area contributed by atoms with Crippen molar-refractivity contribution in [2.24, 2.45) is 0 Å². The molecular weight excluding hydrogens is 324 g/mol. The molecule has 0 unspecified atom stereocenters. The van der Waals surface area contributed by atoms with Crippen LogP contribution >= 0.6 is 22.7 Å². The van der Waals surface area contributed by atoms with Gasteiger partial charge in [-0.1, -0.05) is 6.07 Å². The van der Waals surface area contributed by atoms with Gasteiger partial charge in [-0.05, 0) is 42.7 Å². The van der Waals surface area contributed by atoms with E-state index in [1.165, 1.54) is 34.6 Å². The maximum Gasteiger partial charge on any atom is 0.255 e. The Kier molecular flexibility index (Phi) is 4.51. The van der Waals surface area contributed by atoms with E-state index in [0.29, 0.717) is 0 Å². The van der Waals surface area contributed by atoms with Gasteiger partial charge in [0, 0.05) is 47.9 Å². The van der Waals surface area contributed by atoms with E-state index in [9.17, 15) is 4.79 Å². The van der Waals surface area contributed by atoms with Crippen molar-refractivity contribution in [1.82, 2.24) is 9.80 Å². The smallest absolute Gasteiger partial charge is 0.255 e. The van der Waals surface area contributed by atoms with Crippen molar-refractivity contribution in [3.63, 3.8) is 0 Å². The summed E-state index contributed by atoms with van der Waals surface area (Å²) in [5, 5.41) is 4.24. The number of carbonyl (C=O) groups is 1. The highest BCUT2D eigenvalue weighted by atomic mass is 32.1. The van der Waals surface area contributed by atoms with Crippen LogP contribution in [0.1, 0.15) is 38.5 Å². The Hall–Kier alpha value is -1.17. The molecule has 1 aliphatic carbocycles. The van der Waals surface area contributed by atoms with E-state index in [1.54, 1.807) is 11.3 Å². The van der Waals surface area contributed by atoms with Gasteiger partial charge in [-0.15, -0.1) is 22.7 Å². The Balaban J connectivity index is 1.38. The second-order valence-corrected chi connectivity index (χ2v) is 8.40. The van der Waals surface area contributed by atoms with Crippen LogP contribution in [0.15, 0.2) is 22.9 Å². The molecule has 0 spiro atoms. The topological polar surface area (TPSA) is 23.6 Å². The molecule has 2 aliphatic rings. The van der Waals surface area contributed by atoms with Crippen LogP contribution in [-0.4, -0.2) is 41.9 Å². The lowest BCUT2D eigenvalue weighted by molar-refractivity contribution is 0.0629. The molecule has 0 N–H and O–H groups in total. The summed E-state index contributed by atoms with van der Waals surface area (Å²) in [6, 6.07) is 4.30. The van der Waals surface area contributed by atoms with E-state index in [1.807, 2.05) is 11.3 Å². The SMILES string of the molecule is O=C(c1csc2c1CCCC2)N1CCN(Cc2cccs2)CC1. The zero-order valence-corrected chi connectivity index (χ0v) is 14.9. The predicted molar refractivity (Wildman–Crippen MR) is 96.5 cm³/mol. The third-order valence-electron chi connectivity index (χ3n) is 4.91. The third kappa shape index (κ3) is 3.23. The van der Waals surface area contributed by atoms with E-state index < -0.39 is 0 Å². The first-order valence-corrected chi connectivity index (χ1v) is 10.2. The molecule has 23 heavy (non-hydrogen) atoms. The van der Waals surface area contributed by atoms with Crippen molar-refractivity contribution < 1.29 is 4.79 Å². The Morgan fingerprint density at radius 3 is 2.70 bits per heavy atom. The van der Waals surface area contributed by atoms with Gasteiger partial charge in [-0.3, -0.25) is 9.69 Å². The molecule has 3 nitrogen and oxygen atoms in total. The molecule has 0 bridgehead atoms. The third-order valence-corrected chi connectivity index (χ3v) is 6.86. The maximum absolute atomic E-state index is 12.9. The van der Waals surface area contributed by atoms with E-state index in [4.69, 9.17) is 0 Å². The van der Waals surface area contributed by atoms with Gasteiger partial charge in [0.1, 0.15) is 0 Å². The van der Waals surface area contributed by atoms with Gasteiger partial charge in [0.2, 0.25) is 0 Å². The van der Waals surface area contributed by atoms with Crippen molar-refractivity contribution in [2.75, 3.05) is 26.2 Å². The number of rotatable bonds is 3. The summed E-state index contributed by atoms with van der Waals surface area (Å²) in [6.07, 6.45) is 4.78. The molecule has 0 atom stereocenters. The minimum atomic E-state index is 0.264. The number of hydrogen-bond acceptors (Lipinski definition) is 4. The number of nitrogens with zero attached hydrogens (tertiary/aromatic N) is 2. The van der Waals surface area contributed by atoms with Crippen molar-refractivity contribution in [2.45, 2.75) is 32.2 Å². The van der Waals surface area contributed by atoms with Crippen LogP contribution in [0, 0.1) is 0 Å². The molecule has 2 aromatic heterocycles. The summed E-state index contributed by atoms with van der Waals surface area (Å²) in [7, 11) is 0. The number of aryl methyl sites for hydroxylation is 1. The first-order valence-electron chi connectivity index (χ1n) is 8.44. The Morgan fingerprint density at radius 2 is 1.91 bits per heavy atom. The first-order chi connectivity index (χ1) is 11.3. The van der Waals surface area contributed by atoms with E-state index in [0.717, 1.165) is 44.7 Å². The van der Waals surface area contributed by atoms with E-state index >= 15 is 0 Å². The molecular formula is C18H22N2OS2. The number of carbonyl (C=O) groups excluding carboxylic acids is 1. The normalized spacial score (nSPS) is 18.9. The van der Waals surface area contributed by atoms with Gasteiger partial charge in [-0.25, -0.2) is 0 Å². The van der Waals surface area contributed by atoms with Gasteiger partial charge in [0.25, 0.3) is 5.91 Å². The van der Waals surface area contributed by atoms with Crippen molar-refractivity contribution in [3.8, 4) is 0 Å². The number of piperazine rings is 1. The highest BCUT2D eigenvalue weighted by Crippen LogP contribution is 2.31. The summed E-state index contributed by atoms with van der Waals surface area (Å²) < 4.78 is 0. The molecule has 0 saturated carbocycles. The second-order valence-electron chi connectivity index (χ2n) is 6.41. The Labute approximate surface area is 145 Å². The molecule has 1 saturated heterocycles. The first kappa shape index (κ1) is 15.4. The zero-order valence-electron chi connectivity index (χ0n) is 13.3. The molecule has 3 heterocycles. The quantitative estimate of drug-likeness (QED) is 0.847. The van der Waals surface area contributed by atoms with Crippen molar-refractivity contribution >= 4 is 28.6 Å². The van der Waals surface area contributed by atoms with Crippen LogP contribution in [-0.2, 0) is 19.4 Å². The maximum atomic E-state index is 12.9. The minimum absolute atomic E-state index is 0.264. The lowest BCUT2D eigenvalue weighted by Gasteiger charge is -2.34. The summed E-state index contributed by atoms with van der Waals surface area (Å²) in [5.41, 5.74) is 2.35. The molecule has 2 aromatic rings. The van der Waals surface area contributed by atoms with Crippen LogP contribution < -0.4 is 0 Å². The monoisotopic (exact) mass is 346 g/mol. The number of fused-ring (bicyclic) bond motifs is 1. The standard InChI is InChI=1S/C18H22N2OS2/c21-18(16-13-23-17-6-2-1-5-15(16)17)20-9-7-19(8-10-20)12-14-4-3-11-22-14/h3-4,11,13H,1-2,5-10,12H2. The molecule has 0 aromatic carbocycles. The summed E-state index contributed by atoms with van der Waals surface area (Å²) in [4.78, 5) is 20.3. The van der Waals surface area contributed by atoms with Gasteiger partial charge in [0.05, 0.1) is 5.56 Å². The molecule has 4 rings (SSSR count). The van der Waals surface area contributed by atoms with Crippen LogP contribution in [0.25, 0.3) is 0 Å². The highest BCUT2D eigenvalue weighted by Gasteiger charge is 2.26. The molecule has 122 valence electrons. The Bertz CT molecular complexity index is 669. The van der Waals surface area contributed by atoms with E-state index in [-0.39, 0.29) is 5.91 Å². The summed E-state index contributed by atoms with van der Waals surface area (Å²) in [6.45, 7) is 4.70. The molecule has 0 radical (unpaired) electrons. The average Bonchev–Trinajstić information content (AvgIpc) is 3.24. The van der Waals surface area contributed by atoms with Gasteiger partial charge < -0.3 is 4.90 Å². The molecule has 1 fully saturated rings. The summed E-state index contributed by atoms with van der Waals surface area (Å²) >= 11 is 3.61. The Morgan fingerprint density at radius 1 is 1.09 bits per heavy atom. The fourth-order valence-electron chi connectivity index (χ4n) is 3.58. The van der Waals surface area contributed by atoms with Gasteiger partial charge in [0.15, 0.2) is 0 Å². The lowest BCUT2D eigenvalue weighted by atomic mass is 9.95. The second kappa shape index (κ2) is 6.75. The summed E-state index contributed by atoms with van der Waals surface area (Å²) in [5.74, 6) is 0.264. The van der Waals surface area contributed by atoms with Crippen LogP contribution in [0.5, 0.6) is 0 Å². The van der Waals surface area contributed by atoms with Crippen LogP contribution in [0.2, 0.25) is 0 Å². The molecule has 5 heteroatoms. The highest BCUT2D eigenvalue weighted by molar-refractivity contribution is 7.10. The zero-order chi connectivity index (χ0) is 15.6. The minimum Gasteiger partial charge on any atom is -0.336 e. The fraction of sp³-hybridized carbons (Fsp3) is 0.500. The van der Waals surface area contributed by atoms with Crippen molar-refractivity contribution in [3.05, 3.63) is 43.8 Å². The fourth-order valence-corrected chi connectivity index (χ4v) is 5.44. The van der Waals surface area contributed by atoms with E-state index in [2.05, 4.69) is 32.7 Å². The number of hydrogen-bond donors (Lipinski definition) is 0. The van der Waals surface area contributed by atoms with Gasteiger partial charge in [-0.2, -0.15) is 0 Å². The van der Waals surface area contributed by atoms with Crippen LogP contribution in [0.4, 0.5) is 0 Å². The predicted octanol–water partition coefficient (Wildman–Crippen LogP) is 3.65. The molecule has 1 amide bonds. The lowest BCUT2D eigenvalue weighted by Crippen LogP contribution is -2.48. The number of amides is 1. The largest absolute Gasteiger partial charge is 0.336 e.